The standard InChI is InChI=1S/C17H24N2O4/c1-21-12-17(6-8-18-9-7-17)16(20)19-10-13-11-22-14-4-2-3-5-15(14)23-13/h2-5,13,18H,6-12H2,1H3,(H,19,20). The third-order valence-electron chi connectivity index (χ3n) is 4.52. The van der Waals surface area contributed by atoms with Gasteiger partial charge >= 0.3 is 0 Å². The van der Waals surface area contributed by atoms with Crippen LogP contribution in [0.2, 0.25) is 0 Å². The Morgan fingerprint density at radius 1 is 1.35 bits per heavy atom. The lowest BCUT2D eigenvalue weighted by molar-refractivity contribution is -0.136. The number of para-hydroxylation sites is 2. The van der Waals surface area contributed by atoms with Gasteiger partial charge in [-0.15, -0.1) is 0 Å². The number of carbonyl (C=O) groups excluding carboxylic acids is 1. The molecule has 126 valence electrons. The van der Waals surface area contributed by atoms with E-state index >= 15 is 0 Å². The van der Waals surface area contributed by atoms with E-state index in [1.54, 1.807) is 7.11 Å². The van der Waals surface area contributed by atoms with E-state index < -0.39 is 5.41 Å². The topological polar surface area (TPSA) is 68.8 Å². The summed E-state index contributed by atoms with van der Waals surface area (Å²) in [6.07, 6.45) is 1.41. The molecule has 23 heavy (non-hydrogen) atoms. The van der Waals surface area contributed by atoms with Crippen molar-refractivity contribution in [3.63, 3.8) is 0 Å². The molecule has 1 saturated heterocycles. The Morgan fingerprint density at radius 3 is 2.83 bits per heavy atom. The summed E-state index contributed by atoms with van der Waals surface area (Å²) >= 11 is 0. The molecule has 1 fully saturated rings. The summed E-state index contributed by atoms with van der Waals surface area (Å²) in [5.41, 5.74) is -0.437. The first kappa shape index (κ1) is 16.1. The quantitative estimate of drug-likeness (QED) is 0.846. The average Bonchev–Trinajstić information content (AvgIpc) is 2.60. The van der Waals surface area contributed by atoms with Crippen LogP contribution < -0.4 is 20.1 Å². The van der Waals surface area contributed by atoms with Gasteiger partial charge in [0, 0.05) is 7.11 Å². The van der Waals surface area contributed by atoms with E-state index in [1.165, 1.54) is 0 Å². The van der Waals surface area contributed by atoms with Gasteiger partial charge < -0.3 is 24.8 Å². The van der Waals surface area contributed by atoms with Gasteiger partial charge in [-0.05, 0) is 38.1 Å². The second-order valence-electron chi connectivity index (χ2n) is 6.17. The van der Waals surface area contributed by atoms with E-state index in [0.29, 0.717) is 19.8 Å². The first-order chi connectivity index (χ1) is 11.2. The molecule has 6 heteroatoms. The van der Waals surface area contributed by atoms with E-state index in [1.807, 2.05) is 24.3 Å². The summed E-state index contributed by atoms with van der Waals surface area (Å²) in [5, 5.41) is 6.32. The molecular formula is C17H24N2O4. The fourth-order valence-corrected chi connectivity index (χ4v) is 3.18. The summed E-state index contributed by atoms with van der Waals surface area (Å²) in [6.45, 7) is 3.01. The molecule has 6 nitrogen and oxygen atoms in total. The van der Waals surface area contributed by atoms with Crippen molar-refractivity contribution in [2.75, 3.05) is 40.0 Å². The Hall–Kier alpha value is -1.79. The van der Waals surface area contributed by atoms with Gasteiger partial charge in [0.2, 0.25) is 5.91 Å². The molecule has 0 radical (unpaired) electrons. The number of piperidine rings is 1. The predicted molar refractivity (Wildman–Crippen MR) is 85.8 cm³/mol. The summed E-state index contributed by atoms with van der Waals surface area (Å²) < 4.78 is 16.9. The Morgan fingerprint density at radius 2 is 2.09 bits per heavy atom. The highest BCUT2D eigenvalue weighted by Crippen LogP contribution is 2.31. The van der Waals surface area contributed by atoms with Gasteiger partial charge in [-0.2, -0.15) is 0 Å². The lowest BCUT2D eigenvalue weighted by atomic mass is 9.78. The van der Waals surface area contributed by atoms with Crippen molar-refractivity contribution in [2.45, 2.75) is 18.9 Å². The minimum atomic E-state index is -0.437. The number of nitrogens with one attached hydrogen (secondary N) is 2. The van der Waals surface area contributed by atoms with Gasteiger partial charge in [0.15, 0.2) is 11.5 Å². The fourth-order valence-electron chi connectivity index (χ4n) is 3.18. The molecule has 3 rings (SSSR count). The monoisotopic (exact) mass is 320 g/mol. The van der Waals surface area contributed by atoms with Crippen molar-refractivity contribution in [1.82, 2.24) is 10.6 Å². The SMILES string of the molecule is COCC1(C(=O)NCC2COc3ccccc3O2)CCNCC1. The fraction of sp³-hybridized carbons (Fsp3) is 0.588. The molecule has 1 atom stereocenters. The van der Waals surface area contributed by atoms with Crippen molar-refractivity contribution >= 4 is 5.91 Å². The minimum Gasteiger partial charge on any atom is -0.486 e. The lowest BCUT2D eigenvalue weighted by Crippen LogP contribution is -2.52. The summed E-state index contributed by atoms with van der Waals surface area (Å²) in [5.74, 6) is 1.53. The highest BCUT2D eigenvalue weighted by atomic mass is 16.6. The number of rotatable bonds is 5. The van der Waals surface area contributed by atoms with E-state index in [-0.39, 0.29) is 12.0 Å². The van der Waals surface area contributed by atoms with Crippen LogP contribution in [0, 0.1) is 5.41 Å². The van der Waals surface area contributed by atoms with E-state index in [4.69, 9.17) is 14.2 Å². The van der Waals surface area contributed by atoms with Gasteiger partial charge in [0.25, 0.3) is 0 Å². The maximum atomic E-state index is 12.7. The van der Waals surface area contributed by atoms with Gasteiger partial charge in [0.1, 0.15) is 12.7 Å². The highest BCUT2D eigenvalue weighted by Gasteiger charge is 2.39. The van der Waals surface area contributed by atoms with Crippen LogP contribution in [-0.2, 0) is 9.53 Å². The average molecular weight is 320 g/mol. The molecule has 0 aromatic heterocycles. The highest BCUT2D eigenvalue weighted by molar-refractivity contribution is 5.83. The number of carbonyl (C=O) groups is 1. The smallest absolute Gasteiger partial charge is 0.228 e. The van der Waals surface area contributed by atoms with E-state index in [2.05, 4.69) is 10.6 Å². The zero-order valence-corrected chi connectivity index (χ0v) is 13.5. The second-order valence-corrected chi connectivity index (χ2v) is 6.17. The van der Waals surface area contributed by atoms with Gasteiger partial charge in [-0.3, -0.25) is 4.79 Å². The van der Waals surface area contributed by atoms with Crippen molar-refractivity contribution in [2.24, 2.45) is 5.41 Å². The maximum Gasteiger partial charge on any atom is 0.228 e. The molecule has 2 heterocycles. The summed E-state index contributed by atoms with van der Waals surface area (Å²) in [6, 6.07) is 7.58. The number of hydrogen-bond donors (Lipinski definition) is 2. The number of amides is 1. The molecule has 2 N–H and O–H groups in total. The van der Waals surface area contributed by atoms with Gasteiger partial charge in [0.05, 0.1) is 18.6 Å². The van der Waals surface area contributed by atoms with Crippen LogP contribution in [0.1, 0.15) is 12.8 Å². The number of ether oxygens (including phenoxy) is 3. The molecule has 1 unspecified atom stereocenters. The number of hydrogen-bond acceptors (Lipinski definition) is 5. The van der Waals surface area contributed by atoms with Crippen molar-refractivity contribution in [3.05, 3.63) is 24.3 Å². The Labute approximate surface area is 136 Å². The lowest BCUT2D eigenvalue weighted by Gasteiger charge is -2.36. The van der Waals surface area contributed by atoms with Crippen molar-refractivity contribution in [3.8, 4) is 11.5 Å². The van der Waals surface area contributed by atoms with Crippen LogP contribution in [0.4, 0.5) is 0 Å². The molecule has 1 aromatic carbocycles. The first-order valence-electron chi connectivity index (χ1n) is 8.10. The Kier molecular flexibility index (Phi) is 5.03. The van der Waals surface area contributed by atoms with Crippen molar-refractivity contribution < 1.29 is 19.0 Å². The number of methoxy groups -OCH3 is 1. The minimum absolute atomic E-state index is 0.0447. The van der Waals surface area contributed by atoms with Crippen LogP contribution in [0.25, 0.3) is 0 Å². The largest absolute Gasteiger partial charge is 0.486 e. The Bertz CT molecular complexity index is 538. The van der Waals surface area contributed by atoms with Crippen molar-refractivity contribution in [1.29, 1.82) is 0 Å². The number of benzene rings is 1. The van der Waals surface area contributed by atoms with Crippen LogP contribution in [0.15, 0.2) is 24.3 Å². The molecule has 0 saturated carbocycles. The molecule has 1 amide bonds. The van der Waals surface area contributed by atoms with Crippen LogP contribution in [-0.4, -0.2) is 52.0 Å². The molecule has 0 aliphatic carbocycles. The predicted octanol–water partition coefficient (Wildman–Crippen LogP) is 0.959. The normalized spacial score (nSPS) is 22.4. The first-order valence-corrected chi connectivity index (χ1v) is 8.10. The zero-order valence-electron chi connectivity index (χ0n) is 13.5. The molecule has 0 spiro atoms. The third-order valence-corrected chi connectivity index (χ3v) is 4.52. The second kappa shape index (κ2) is 7.19. The summed E-state index contributed by atoms with van der Waals surface area (Å²) in [4.78, 5) is 12.7. The Balaban J connectivity index is 1.56. The third kappa shape index (κ3) is 3.59. The van der Waals surface area contributed by atoms with Crippen LogP contribution >= 0.6 is 0 Å². The molecule has 2 aliphatic rings. The number of fused-ring (bicyclic) bond motifs is 1. The van der Waals surface area contributed by atoms with Gasteiger partial charge in [-0.25, -0.2) is 0 Å². The van der Waals surface area contributed by atoms with E-state index in [0.717, 1.165) is 37.4 Å². The molecule has 1 aromatic rings. The van der Waals surface area contributed by atoms with E-state index in [9.17, 15) is 4.79 Å². The van der Waals surface area contributed by atoms with Crippen LogP contribution in [0.3, 0.4) is 0 Å². The maximum absolute atomic E-state index is 12.7. The van der Waals surface area contributed by atoms with Crippen LogP contribution in [0.5, 0.6) is 11.5 Å². The zero-order chi connectivity index (χ0) is 16.1. The molecule has 2 aliphatic heterocycles. The summed E-state index contributed by atoms with van der Waals surface area (Å²) in [7, 11) is 1.64. The van der Waals surface area contributed by atoms with Gasteiger partial charge in [-0.1, -0.05) is 12.1 Å². The molecule has 0 bridgehead atoms. The molecular weight excluding hydrogens is 296 g/mol.